The smallest absolute Gasteiger partial charge is 0.0642 e. The first kappa shape index (κ1) is 13.6. The van der Waals surface area contributed by atoms with Crippen molar-refractivity contribution in [3.05, 3.63) is 54.6 Å². The number of rotatable bonds is 6. The van der Waals surface area contributed by atoms with Gasteiger partial charge in [0.15, 0.2) is 0 Å². The van der Waals surface area contributed by atoms with Gasteiger partial charge in [0, 0.05) is 12.2 Å². The molecule has 0 atom stereocenters. The van der Waals surface area contributed by atoms with Crippen LogP contribution in [0.5, 0.6) is 0 Å². The van der Waals surface area contributed by atoms with Crippen LogP contribution in [0.1, 0.15) is 13.8 Å². The molecular weight excluding hydrogens is 234 g/mol. The highest BCUT2D eigenvalue weighted by Gasteiger charge is 1.98. The molecule has 0 saturated heterocycles. The summed E-state index contributed by atoms with van der Waals surface area (Å²) in [5, 5.41) is 3.39. The number of ether oxygens (including phenoxy) is 1. The molecule has 2 aromatic carbocycles. The van der Waals surface area contributed by atoms with E-state index in [9.17, 15) is 0 Å². The lowest BCUT2D eigenvalue weighted by Gasteiger charge is -2.10. The summed E-state index contributed by atoms with van der Waals surface area (Å²) in [6.07, 6.45) is 0.289. The molecule has 0 radical (unpaired) electrons. The van der Waals surface area contributed by atoms with E-state index in [4.69, 9.17) is 4.74 Å². The molecule has 2 heteroatoms. The van der Waals surface area contributed by atoms with Gasteiger partial charge in [-0.3, -0.25) is 0 Å². The third-order valence-corrected chi connectivity index (χ3v) is 2.85. The van der Waals surface area contributed by atoms with E-state index in [1.54, 1.807) is 0 Å². The van der Waals surface area contributed by atoms with Crippen LogP contribution >= 0.6 is 0 Å². The van der Waals surface area contributed by atoms with Crippen molar-refractivity contribution in [3.8, 4) is 11.1 Å². The molecule has 2 aromatic rings. The van der Waals surface area contributed by atoms with E-state index in [1.807, 2.05) is 6.07 Å². The fourth-order valence-electron chi connectivity index (χ4n) is 1.93. The fraction of sp³-hybridized carbons (Fsp3) is 0.294. The zero-order valence-electron chi connectivity index (χ0n) is 11.6. The molecule has 0 heterocycles. The Morgan fingerprint density at radius 2 is 1.68 bits per heavy atom. The average Bonchev–Trinajstić information content (AvgIpc) is 2.45. The van der Waals surface area contributed by atoms with Crippen molar-refractivity contribution >= 4 is 5.69 Å². The molecule has 0 aliphatic carbocycles. The lowest BCUT2D eigenvalue weighted by Crippen LogP contribution is -2.13. The van der Waals surface area contributed by atoms with E-state index in [0.29, 0.717) is 0 Å². The SMILES string of the molecule is CC(C)OCCNc1cccc(-c2ccccc2)c1. The van der Waals surface area contributed by atoms with Gasteiger partial charge in [-0.1, -0.05) is 42.5 Å². The zero-order chi connectivity index (χ0) is 13.5. The molecule has 1 N–H and O–H groups in total. The molecule has 0 aromatic heterocycles. The Balaban J connectivity index is 1.96. The fourth-order valence-corrected chi connectivity index (χ4v) is 1.93. The Morgan fingerprint density at radius 1 is 0.947 bits per heavy atom. The molecule has 0 fully saturated rings. The van der Waals surface area contributed by atoms with Crippen LogP contribution < -0.4 is 5.32 Å². The van der Waals surface area contributed by atoms with Crippen molar-refractivity contribution in [1.82, 2.24) is 0 Å². The van der Waals surface area contributed by atoms with Gasteiger partial charge in [0.25, 0.3) is 0 Å². The first-order chi connectivity index (χ1) is 9.25. The predicted octanol–water partition coefficient (Wildman–Crippen LogP) is 4.19. The van der Waals surface area contributed by atoms with E-state index in [2.05, 4.69) is 67.7 Å². The molecule has 0 aliphatic heterocycles. The number of hydrogen-bond acceptors (Lipinski definition) is 2. The average molecular weight is 255 g/mol. The summed E-state index contributed by atoms with van der Waals surface area (Å²) in [6, 6.07) is 18.9. The maximum atomic E-state index is 5.52. The first-order valence-corrected chi connectivity index (χ1v) is 6.76. The van der Waals surface area contributed by atoms with E-state index in [0.717, 1.165) is 18.8 Å². The highest BCUT2D eigenvalue weighted by molar-refractivity contribution is 5.67. The normalized spacial score (nSPS) is 10.7. The van der Waals surface area contributed by atoms with Crippen molar-refractivity contribution in [2.75, 3.05) is 18.5 Å². The highest BCUT2D eigenvalue weighted by Crippen LogP contribution is 2.22. The van der Waals surface area contributed by atoms with Crippen molar-refractivity contribution in [2.24, 2.45) is 0 Å². The van der Waals surface area contributed by atoms with Crippen LogP contribution in [0.3, 0.4) is 0 Å². The Labute approximate surface area is 115 Å². The summed E-state index contributed by atoms with van der Waals surface area (Å²) in [5.74, 6) is 0. The van der Waals surface area contributed by atoms with Gasteiger partial charge in [0.05, 0.1) is 12.7 Å². The van der Waals surface area contributed by atoms with Crippen LogP contribution in [0, 0.1) is 0 Å². The Hall–Kier alpha value is -1.80. The largest absolute Gasteiger partial charge is 0.383 e. The molecule has 0 bridgehead atoms. The van der Waals surface area contributed by atoms with Gasteiger partial charge in [0.2, 0.25) is 0 Å². The Morgan fingerprint density at radius 3 is 2.42 bits per heavy atom. The van der Waals surface area contributed by atoms with Crippen molar-refractivity contribution in [2.45, 2.75) is 20.0 Å². The summed E-state index contributed by atoms with van der Waals surface area (Å²) < 4.78 is 5.52. The minimum Gasteiger partial charge on any atom is -0.383 e. The first-order valence-electron chi connectivity index (χ1n) is 6.76. The summed E-state index contributed by atoms with van der Waals surface area (Å²) >= 11 is 0. The van der Waals surface area contributed by atoms with Crippen molar-refractivity contribution in [3.63, 3.8) is 0 Å². The molecule has 0 amide bonds. The number of benzene rings is 2. The zero-order valence-corrected chi connectivity index (χ0v) is 11.6. The number of hydrogen-bond donors (Lipinski definition) is 1. The second kappa shape index (κ2) is 6.95. The molecule has 0 saturated carbocycles. The quantitative estimate of drug-likeness (QED) is 0.781. The summed E-state index contributed by atoms with van der Waals surface area (Å²) in [5.41, 5.74) is 3.61. The van der Waals surface area contributed by atoms with E-state index < -0.39 is 0 Å². The van der Waals surface area contributed by atoms with Crippen molar-refractivity contribution < 1.29 is 4.74 Å². The van der Waals surface area contributed by atoms with Gasteiger partial charge < -0.3 is 10.1 Å². The number of anilines is 1. The summed E-state index contributed by atoms with van der Waals surface area (Å²) in [4.78, 5) is 0. The lowest BCUT2D eigenvalue weighted by atomic mass is 10.1. The topological polar surface area (TPSA) is 21.3 Å². The van der Waals surface area contributed by atoms with Crippen LogP contribution in [0.25, 0.3) is 11.1 Å². The maximum absolute atomic E-state index is 5.52. The molecule has 19 heavy (non-hydrogen) atoms. The highest BCUT2D eigenvalue weighted by atomic mass is 16.5. The van der Waals surface area contributed by atoms with E-state index in [1.165, 1.54) is 11.1 Å². The van der Waals surface area contributed by atoms with Gasteiger partial charge in [-0.15, -0.1) is 0 Å². The van der Waals surface area contributed by atoms with Gasteiger partial charge >= 0.3 is 0 Å². The Kier molecular flexibility index (Phi) is 4.99. The van der Waals surface area contributed by atoms with E-state index >= 15 is 0 Å². The predicted molar refractivity (Wildman–Crippen MR) is 81.5 cm³/mol. The molecule has 2 rings (SSSR count). The van der Waals surface area contributed by atoms with Crippen LogP contribution in [-0.2, 0) is 4.74 Å². The van der Waals surface area contributed by atoms with E-state index in [-0.39, 0.29) is 6.10 Å². The van der Waals surface area contributed by atoms with Gasteiger partial charge in [-0.05, 0) is 37.1 Å². The minimum absolute atomic E-state index is 0.289. The Bertz CT molecular complexity index is 494. The summed E-state index contributed by atoms with van der Waals surface area (Å²) in [7, 11) is 0. The van der Waals surface area contributed by atoms with Gasteiger partial charge in [-0.25, -0.2) is 0 Å². The third kappa shape index (κ3) is 4.42. The van der Waals surface area contributed by atoms with Crippen LogP contribution in [0.2, 0.25) is 0 Å². The third-order valence-electron chi connectivity index (χ3n) is 2.85. The number of nitrogens with one attached hydrogen (secondary N) is 1. The monoisotopic (exact) mass is 255 g/mol. The second-order valence-corrected chi connectivity index (χ2v) is 4.79. The molecule has 100 valence electrons. The summed E-state index contributed by atoms with van der Waals surface area (Å²) in [6.45, 7) is 5.66. The van der Waals surface area contributed by atoms with Gasteiger partial charge in [-0.2, -0.15) is 0 Å². The molecular formula is C17H21NO. The molecule has 0 unspecified atom stereocenters. The minimum atomic E-state index is 0.289. The van der Waals surface area contributed by atoms with Gasteiger partial charge in [0.1, 0.15) is 0 Å². The molecule has 0 aliphatic rings. The standard InChI is InChI=1S/C17H21NO/c1-14(2)19-12-11-18-17-10-6-9-16(13-17)15-7-4-3-5-8-15/h3-10,13-14,18H,11-12H2,1-2H3. The molecule has 0 spiro atoms. The van der Waals surface area contributed by atoms with Crippen LogP contribution in [0.4, 0.5) is 5.69 Å². The molecule has 2 nitrogen and oxygen atoms in total. The van der Waals surface area contributed by atoms with Crippen LogP contribution in [0.15, 0.2) is 54.6 Å². The van der Waals surface area contributed by atoms with Crippen molar-refractivity contribution in [1.29, 1.82) is 0 Å². The van der Waals surface area contributed by atoms with Crippen LogP contribution in [-0.4, -0.2) is 19.3 Å². The maximum Gasteiger partial charge on any atom is 0.0642 e. The lowest BCUT2D eigenvalue weighted by molar-refractivity contribution is 0.0870. The second-order valence-electron chi connectivity index (χ2n) is 4.79.